The van der Waals surface area contributed by atoms with E-state index in [9.17, 15) is 0 Å². The molecule has 0 spiro atoms. The lowest BCUT2D eigenvalue weighted by molar-refractivity contribution is 0.367. The minimum atomic E-state index is 0.519. The van der Waals surface area contributed by atoms with Crippen molar-refractivity contribution in [3.05, 3.63) is 17.5 Å². The lowest BCUT2D eigenvalue weighted by Gasteiger charge is -2.23. The molecule has 0 radical (unpaired) electrons. The molecule has 0 aromatic carbocycles. The number of aromatic nitrogens is 2. The van der Waals surface area contributed by atoms with Gasteiger partial charge in [0.05, 0.1) is 5.69 Å². The summed E-state index contributed by atoms with van der Waals surface area (Å²) in [6.45, 7) is 7.58. The van der Waals surface area contributed by atoms with Gasteiger partial charge in [0, 0.05) is 24.7 Å². The molecule has 0 saturated heterocycles. The number of nitrogens with one attached hydrogen (secondary N) is 1. The van der Waals surface area contributed by atoms with Crippen molar-refractivity contribution < 1.29 is 0 Å². The highest BCUT2D eigenvalue weighted by atomic mass is 15.3. The fourth-order valence-corrected chi connectivity index (χ4v) is 2.49. The molecule has 2 rings (SSSR count). The van der Waals surface area contributed by atoms with Gasteiger partial charge < -0.3 is 5.32 Å². The number of likely N-dealkylation sites (N-methyl/N-ethyl adjacent to an activating group) is 1. The van der Waals surface area contributed by atoms with Gasteiger partial charge in [0.25, 0.3) is 0 Å². The zero-order valence-corrected chi connectivity index (χ0v) is 10.9. The highest BCUT2D eigenvalue weighted by Crippen LogP contribution is 2.48. The first-order valence-corrected chi connectivity index (χ1v) is 6.29. The van der Waals surface area contributed by atoms with Crippen LogP contribution in [-0.2, 0) is 13.0 Å². The molecule has 1 fully saturated rings. The molecule has 90 valence electrons. The smallest absolute Gasteiger partial charge is 0.0596 e. The lowest BCUT2D eigenvalue weighted by atomic mass is 9.94. The van der Waals surface area contributed by atoms with E-state index in [1.54, 1.807) is 0 Å². The Balaban J connectivity index is 2.12. The summed E-state index contributed by atoms with van der Waals surface area (Å²) >= 11 is 0. The molecule has 0 bridgehead atoms. The third-order valence-electron chi connectivity index (χ3n) is 3.93. The molecule has 1 heterocycles. The summed E-state index contributed by atoms with van der Waals surface area (Å²) in [5.41, 5.74) is 3.02. The van der Waals surface area contributed by atoms with Crippen LogP contribution in [0.3, 0.4) is 0 Å². The Morgan fingerprint density at radius 1 is 1.56 bits per heavy atom. The van der Waals surface area contributed by atoms with E-state index in [4.69, 9.17) is 0 Å². The average molecular weight is 221 g/mol. The monoisotopic (exact) mass is 221 g/mol. The largest absolute Gasteiger partial charge is 0.316 e. The molecule has 1 saturated carbocycles. The first-order valence-electron chi connectivity index (χ1n) is 6.29. The van der Waals surface area contributed by atoms with E-state index in [1.807, 2.05) is 0 Å². The molecule has 3 nitrogen and oxygen atoms in total. The second-order valence-electron chi connectivity index (χ2n) is 5.29. The van der Waals surface area contributed by atoms with Gasteiger partial charge in [0.2, 0.25) is 0 Å². The Labute approximate surface area is 98.2 Å². The van der Waals surface area contributed by atoms with Crippen LogP contribution in [0.25, 0.3) is 0 Å². The van der Waals surface area contributed by atoms with Crippen LogP contribution >= 0.6 is 0 Å². The molecule has 0 amide bonds. The van der Waals surface area contributed by atoms with Crippen LogP contribution in [-0.4, -0.2) is 22.9 Å². The SMILES string of the molecule is CCn1nc(C)cc1CC(NC)C1(C)CC1. The van der Waals surface area contributed by atoms with Crippen LogP contribution < -0.4 is 5.32 Å². The average Bonchev–Trinajstić information content (AvgIpc) is 2.89. The van der Waals surface area contributed by atoms with Crippen molar-refractivity contribution in [2.24, 2.45) is 5.41 Å². The van der Waals surface area contributed by atoms with E-state index in [1.165, 1.54) is 18.5 Å². The van der Waals surface area contributed by atoms with Gasteiger partial charge in [-0.15, -0.1) is 0 Å². The van der Waals surface area contributed by atoms with Crippen LogP contribution in [0.2, 0.25) is 0 Å². The zero-order valence-electron chi connectivity index (χ0n) is 10.9. The summed E-state index contributed by atoms with van der Waals surface area (Å²) < 4.78 is 2.13. The standard InChI is InChI=1S/C13H23N3/c1-5-16-11(8-10(2)15-16)9-12(14-4)13(3)6-7-13/h8,12,14H,5-7,9H2,1-4H3. The second kappa shape index (κ2) is 4.21. The Hall–Kier alpha value is -0.830. The summed E-state index contributed by atoms with van der Waals surface area (Å²) in [6, 6.07) is 2.81. The van der Waals surface area contributed by atoms with Crippen LogP contribution in [0.1, 0.15) is 38.1 Å². The van der Waals surface area contributed by atoms with Crippen molar-refractivity contribution in [2.75, 3.05) is 7.05 Å². The highest BCUT2D eigenvalue weighted by molar-refractivity contribution is 5.13. The topological polar surface area (TPSA) is 29.9 Å². The van der Waals surface area contributed by atoms with E-state index >= 15 is 0 Å². The minimum Gasteiger partial charge on any atom is -0.316 e. The number of nitrogens with zero attached hydrogens (tertiary/aromatic N) is 2. The number of aryl methyl sites for hydroxylation is 2. The predicted octanol–water partition coefficient (Wildman–Crippen LogP) is 2.14. The molecule has 1 aromatic rings. The van der Waals surface area contributed by atoms with E-state index < -0.39 is 0 Å². The summed E-state index contributed by atoms with van der Waals surface area (Å²) in [5.74, 6) is 0. The van der Waals surface area contributed by atoms with Crippen LogP contribution in [0.15, 0.2) is 6.07 Å². The van der Waals surface area contributed by atoms with Crippen LogP contribution in [0.4, 0.5) is 0 Å². The summed E-state index contributed by atoms with van der Waals surface area (Å²) in [6.07, 6.45) is 3.82. The van der Waals surface area contributed by atoms with Crippen LogP contribution in [0, 0.1) is 12.3 Å². The van der Waals surface area contributed by atoms with Crippen molar-refractivity contribution in [3.8, 4) is 0 Å². The maximum Gasteiger partial charge on any atom is 0.0596 e. The van der Waals surface area contributed by atoms with Gasteiger partial charge in [-0.25, -0.2) is 0 Å². The highest BCUT2D eigenvalue weighted by Gasteiger charge is 2.44. The van der Waals surface area contributed by atoms with Crippen molar-refractivity contribution in [1.82, 2.24) is 15.1 Å². The molecular weight excluding hydrogens is 198 g/mol. The van der Waals surface area contributed by atoms with E-state index in [0.29, 0.717) is 11.5 Å². The Morgan fingerprint density at radius 2 is 2.25 bits per heavy atom. The van der Waals surface area contributed by atoms with Crippen LogP contribution in [0.5, 0.6) is 0 Å². The van der Waals surface area contributed by atoms with Gasteiger partial charge in [0.15, 0.2) is 0 Å². The third kappa shape index (κ3) is 2.14. The first kappa shape index (κ1) is 11.6. The summed E-state index contributed by atoms with van der Waals surface area (Å²) in [7, 11) is 2.08. The van der Waals surface area contributed by atoms with Gasteiger partial charge in [-0.05, 0) is 45.2 Å². The maximum absolute atomic E-state index is 4.51. The lowest BCUT2D eigenvalue weighted by Crippen LogP contribution is -2.36. The second-order valence-corrected chi connectivity index (χ2v) is 5.29. The molecule has 0 aliphatic heterocycles. The molecule has 1 aliphatic carbocycles. The number of hydrogen-bond donors (Lipinski definition) is 1. The molecule has 1 aliphatic rings. The van der Waals surface area contributed by atoms with E-state index in [-0.39, 0.29) is 0 Å². The Morgan fingerprint density at radius 3 is 2.75 bits per heavy atom. The predicted molar refractivity (Wildman–Crippen MR) is 66.5 cm³/mol. The van der Waals surface area contributed by atoms with Crippen molar-refractivity contribution in [3.63, 3.8) is 0 Å². The van der Waals surface area contributed by atoms with Crippen molar-refractivity contribution in [2.45, 2.75) is 52.6 Å². The number of rotatable bonds is 5. The molecular formula is C13H23N3. The van der Waals surface area contributed by atoms with Crippen molar-refractivity contribution >= 4 is 0 Å². The van der Waals surface area contributed by atoms with E-state index in [0.717, 1.165) is 18.7 Å². The molecule has 1 atom stereocenters. The van der Waals surface area contributed by atoms with Gasteiger partial charge in [-0.2, -0.15) is 5.10 Å². The minimum absolute atomic E-state index is 0.519. The molecule has 3 heteroatoms. The molecule has 16 heavy (non-hydrogen) atoms. The quantitative estimate of drug-likeness (QED) is 0.825. The number of hydrogen-bond acceptors (Lipinski definition) is 2. The van der Waals surface area contributed by atoms with Crippen molar-refractivity contribution in [1.29, 1.82) is 0 Å². The fourth-order valence-electron chi connectivity index (χ4n) is 2.49. The van der Waals surface area contributed by atoms with Gasteiger partial charge >= 0.3 is 0 Å². The first-order chi connectivity index (χ1) is 7.59. The van der Waals surface area contributed by atoms with Gasteiger partial charge in [0.1, 0.15) is 0 Å². The molecule has 1 unspecified atom stereocenters. The molecule has 1 N–H and O–H groups in total. The van der Waals surface area contributed by atoms with E-state index in [2.05, 4.69) is 49.0 Å². The normalized spacial score (nSPS) is 19.8. The Bertz CT molecular complexity index is 363. The van der Waals surface area contributed by atoms with Gasteiger partial charge in [-0.1, -0.05) is 6.92 Å². The molecule has 1 aromatic heterocycles. The summed E-state index contributed by atoms with van der Waals surface area (Å²) in [5, 5.41) is 7.98. The third-order valence-corrected chi connectivity index (χ3v) is 3.93. The zero-order chi connectivity index (χ0) is 11.8. The fraction of sp³-hybridized carbons (Fsp3) is 0.769. The Kier molecular flexibility index (Phi) is 3.06. The van der Waals surface area contributed by atoms with Gasteiger partial charge in [-0.3, -0.25) is 4.68 Å². The summed E-state index contributed by atoms with van der Waals surface area (Å²) in [4.78, 5) is 0. The maximum atomic E-state index is 4.51.